The monoisotopic (exact) mass is 517 g/mol. The van der Waals surface area contributed by atoms with Crippen LogP contribution in [0.5, 0.6) is 0 Å². The van der Waals surface area contributed by atoms with E-state index in [-0.39, 0.29) is 24.6 Å². The number of hydrogen-bond donors (Lipinski definition) is 1. The normalized spacial score (nSPS) is 19.0. The molecule has 0 aromatic heterocycles. The number of benzene rings is 2. The van der Waals surface area contributed by atoms with E-state index in [0.717, 1.165) is 0 Å². The summed E-state index contributed by atoms with van der Waals surface area (Å²) >= 11 is 7.27. The van der Waals surface area contributed by atoms with Crippen LogP contribution >= 0.6 is 23.4 Å². The summed E-state index contributed by atoms with van der Waals surface area (Å²) in [6.45, 7) is 0.00439. The number of nitrogens with zero attached hydrogens (tertiary/aromatic N) is 2. The van der Waals surface area contributed by atoms with Crippen LogP contribution in [0, 0.1) is 10.1 Å². The summed E-state index contributed by atoms with van der Waals surface area (Å²) in [5.74, 6) is -1.15. The van der Waals surface area contributed by atoms with Gasteiger partial charge in [-0.05, 0) is 47.5 Å². The number of nitrogens with one attached hydrogen (secondary N) is 1. The molecule has 182 valence electrons. The van der Waals surface area contributed by atoms with Gasteiger partial charge in [-0.3, -0.25) is 24.6 Å². The van der Waals surface area contributed by atoms with E-state index in [1.807, 2.05) is 0 Å². The van der Waals surface area contributed by atoms with Gasteiger partial charge in [-0.2, -0.15) is 0 Å². The Bertz CT molecular complexity index is 1200. The molecule has 2 aromatic carbocycles. The van der Waals surface area contributed by atoms with Crippen molar-refractivity contribution in [3.8, 4) is 0 Å². The van der Waals surface area contributed by atoms with Crippen molar-refractivity contribution < 1.29 is 28.8 Å². The summed E-state index contributed by atoms with van der Waals surface area (Å²) in [7, 11) is 1.48. The molecule has 1 saturated heterocycles. The number of nitro benzene ring substituents is 1. The number of halogens is 1. The van der Waals surface area contributed by atoms with Crippen LogP contribution in [0.3, 0.4) is 0 Å². The van der Waals surface area contributed by atoms with Gasteiger partial charge in [0.1, 0.15) is 23.7 Å². The second-order valence-corrected chi connectivity index (χ2v) is 9.29. The van der Waals surface area contributed by atoms with Gasteiger partial charge in [0.2, 0.25) is 0 Å². The Hall–Kier alpha value is -3.41. The van der Waals surface area contributed by atoms with E-state index < -0.39 is 34.1 Å². The first-order chi connectivity index (χ1) is 16.8. The van der Waals surface area contributed by atoms with Crippen LogP contribution in [0.2, 0.25) is 5.02 Å². The highest BCUT2D eigenvalue weighted by molar-refractivity contribution is 8.00. The highest BCUT2D eigenvalue weighted by Crippen LogP contribution is 2.41. The molecule has 10 nitrogen and oxygen atoms in total. The molecule has 2 heterocycles. The van der Waals surface area contributed by atoms with Gasteiger partial charge in [-0.25, -0.2) is 4.79 Å². The van der Waals surface area contributed by atoms with Gasteiger partial charge < -0.3 is 14.8 Å². The van der Waals surface area contributed by atoms with E-state index in [1.165, 1.54) is 48.0 Å². The highest BCUT2D eigenvalue weighted by atomic mass is 35.5. The maximum absolute atomic E-state index is 13.0. The predicted molar refractivity (Wildman–Crippen MR) is 128 cm³/mol. The lowest BCUT2D eigenvalue weighted by molar-refractivity contribution is -0.384. The quantitative estimate of drug-likeness (QED) is 0.245. The molecule has 1 unspecified atom stereocenters. The standard InChI is InChI=1S/C23H20ClN3O7S/c1-33-11-15-12-35-22-18(25-20(28)14-4-6-16(24)7-5-14)21(29)26(22)19(15)23(30)34-10-13-2-8-17(9-3-13)27(31)32/h2-9,18,22H,10-12H2,1H3,(H,25,28)/t18?,22-/m1/s1. The fraction of sp³-hybridized carbons (Fsp3) is 0.261. The van der Waals surface area contributed by atoms with E-state index in [9.17, 15) is 24.5 Å². The molecule has 2 aromatic rings. The molecule has 12 heteroatoms. The number of nitro groups is 1. The number of amides is 2. The molecule has 35 heavy (non-hydrogen) atoms. The zero-order chi connectivity index (χ0) is 25.1. The van der Waals surface area contributed by atoms with Crippen molar-refractivity contribution in [1.82, 2.24) is 10.2 Å². The molecular weight excluding hydrogens is 498 g/mol. The Morgan fingerprint density at radius 3 is 2.49 bits per heavy atom. The van der Waals surface area contributed by atoms with Crippen molar-refractivity contribution in [3.05, 3.63) is 86.1 Å². The number of thioether (sulfide) groups is 1. The molecular formula is C23H20ClN3O7S. The Labute approximate surface area is 209 Å². The number of fused-ring (bicyclic) bond motifs is 1. The van der Waals surface area contributed by atoms with Crippen molar-refractivity contribution >= 4 is 46.8 Å². The van der Waals surface area contributed by atoms with Crippen LogP contribution in [0.25, 0.3) is 0 Å². The summed E-state index contributed by atoms with van der Waals surface area (Å²) in [6.07, 6.45) is 0. The van der Waals surface area contributed by atoms with Gasteiger partial charge in [0, 0.05) is 35.6 Å². The van der Waals surface area contributed by atoms with Crippen molar-refractivity contribution in [1.29, 1.82) is 0 Å². The average molecular weight is 518 g/mol. The number of hydrogen-bond acceptors (Lipinski definition) is 8. The molecule has 0 saturated carbocycles. The Kier molecular flexibility index (Phi) is 7.39. The van der Waals surface area contributed by atoms with Crippen LogP contribution in [-0.4, -0.2) is 58.5 Å². The Morgan fingerprint density at radius 2 is 1.86 bits per heavy atom. The van der Waals surface area contributed by atoms with Crippen molar-refractivity contribution in [2.75, 3.05) is 19.5 Å². The van der Waals surface area contributed by atoms with E-state index in [2.05, 4.69) is 5.32 Å². The minimum Gasteiger partial charge on any atom is -0.456 e. The smallest absolute Gasteiger partial charge is 0.355 e. The fourth-order valence-electron chi connectivity index (χ4n) is 3.71. The van der Waals surface area contributed by atoms with Gasteiger partial charge in [-0.15, -0.1) is 11.8 Å². The number of β-lactam (4-membered cyclic amide) rings is 1. The zero-order valence-electron chi connectivity index (χ0n) is 18.4. The van der Waals surface area contributed by atoms with Crippen molar-refractivity contribution in [2.24, 2.45) is 0 Å². The van der Waals surface area contributed by atoms with Gasteiger partial charge in [0.05, 0.1) is 11.5 Å². The average Bonchev–Trinajstić information content (AvgIpc) is 2.86. The summed E-state index contributed by atoms with van der Waals surface area (Å²) in [4.78, 5) is 50.2. The first kappa shape index (κ1) is 24.7. The van der Waals surface area contributed by atoms with Crippen LogP contribution in [0.4, 0.5) is 5.69 Å². The number of esters is 1. The van der Waals surface area contributed by atoms with Gasteiger partial charge >= 0.3 is 5.97 Å². The van der Waals surface area contributed by atoms with Crippen LogP contribution in [0.1, 0.15) is 15.9 Å². The van der Waals surface area contributed by atoms with E-state index in [1.54, 1.807) is 24.3 Å². The summed E-state index contributed by atoms with van der Waals surface area (Å²) in [6, 6.07) is 11.1. The predicted octanol–water partition coefficient (Wildman–Crippen LogP) is 2.91. The number of non-ortho nitro benzene ring substituents is 1. The fourth-order valence-corrected chi connectivity index (χ4v) is 5.17. The number of methoxy groups -OCH3 is 1. The first-order valence-electron chi connectivity index (χ1n) is 10.4. The molecule has 2 aliphatic rings. The van der Waals surface area contributed by atoms with Crippen LogP contribution in [-0.2, 0) is 25.7 Å². The van der Waals surface area contributed by atoms with Crippen LogP contribution < -0.4 is 5.32 Å². The molecule has 0 bridgehead atoms. The second-order valence-electron chi connectivity index (χ2n) is 7.75. The lowest BCUT2D eigenvalue weighted by atomic mass is 10.0. The Morgan fingerprint density at radius 1 is 1.17 bits per heavy atom. The van der Waals surface area contributed by atoms with E-state index >= 15 is 0 Å². The third kappa shape index (κ3) is 5.16. The molecule has 0 radical (unpaired) electrons. The molecule has 2 aliphatic heterocycles. The molecule has 1 fully saturated rings. The van der Waals surface area contributed by atoms with E-state index in [4.69, 9.17) is 21.1 Å². The number of carbonyl (C=O) groups is 3. The zero-order valence-corrected chi connectivity index (χ0v) is 20.0. The molecule has 0 spiro atoms. The molecule has 0 aliphatic carbocycles. The second kappa shape index (κ2) is 10.5. The van der Waals surface area contributed by atoms with Crippen LogP contribution in [0.15, 0.2) is 59.8 Å². The topological polar surface area (TPSA) is 128 Å². The SMILES string of the molecule is COCC1=C(C(=O)OCc2ccc([N+](=O)[O-])cc2)N2C(=O)C(NC(=O)c3ccc(Cl)cc3)[C@H]2SC1. The summed E-state index contributed by atoms with van der Waals surface area (Å²) < 4.78 is 10.6. The maximum Gasteiger partial charge on any atom is 0.355 e. The molecule has 4 rings (SSSR count). The lowest BCUT2D eigenvalue weighted by Gasteiger charge is -2.49. The largest absolute Gasteiger partial charge is 0.456 e. The lowest BCUT2D eigenvalue weighted by Crippen LogP contribution is -2.70. The van der Waals surface area contributed by atoms with Gasteiger partial charge in [0.25, 0.3) is 17.5 Å². The first-order valence-corrected chi connectivity index (χ1v) is 11.9. The van der Waals surface area contributed by atoms with Gasteiger partial charge in [0.15, 0.2) is 0 Å². The van der Waals surface area contributed by atoms with Crippen molar-refractivity contribution in [2.45, 2.75) is 18.0 Å². The third-order valence-corrected chi connectivity index (χ3v) is 7.06. The number of carbonyl (C=O) groups excluding carboxylic acids is 3. The minimum atomic E-state index is -0.801. The molecule has 1 N–H and O–H groups in total. The summed E-state index contributed by atoms with van der Waals surface area (Å²) in [5, 5.41) is 13.5. The molecule has 2 atom stereocenters. The number of rotatable bonds is 8. The van der Waals surface area contributed by atoms with Gasteiger partial charge in [-0.1, -0.05) is 11.6 Å². The summed E-state index contributed by atoms with van der Waals surface area (Å²) in [5.41, 5.74) is 1.54. The maximum atomic E-state index is 13.0. The van der Waals surface area contributed by atoms with Crippen molar-refractivity contribution in [3.63, 3.8) is 0 Å². The third-order valence-electron chi connectivity index (χ3n) is 5.47. The Balaban J connectivity index is 1.46. The highest BCUT2D eigenvalue weighted by Gasteiger charge is 2.54. The molecule has 2 amide bonds. The van der Waals surface area contributed by atoms with E-state index in [0.29, 0.717) is 27.5 Å². The number of ether oxygens (including phenoxy) is 2. The minimum absolute atomic E-state index is 0.0739.